The van der Waals surface area contributed by atoms with Crippen LogP contribution in [-0.2, 0) is 9.59 Å². The molecule has 2 aromatic rings. The van der Waals surface area contributed by atoms with Crippen molar-refractivity contribution in [3.05, 3.63) is 54.6 Å². The zero-order chi connectivity index (χ0) is 17.6. The molecule has 3 rings (SSSR count). The predicted octanol–water partition coefficient (Wildman–Crippen LogP) is 3.68. The average Bonchev–Trinajstić information content (AvgIpc) is 2.64. The van der Waals surface area contributed by atoms with Crippen molar-refractivity contribution in [2.45, 2.75) is 19.8 Å². The number of hydrogen-bond donors (Lipinski definition) is 1. The lowest BCUT2D eigenvalue weighted by Crippen LogP contribution is -2.43. The summed E-state index contributed by atoms with van der Waals surface area (Å²) in [6, 6.07) is 16.4. The Balaban J connectivity index is 1.55. The molecule has 0 spiro atoms. The molecule has 5 heteroatoms. The van der Waals surface area contributed by atoms with Gasteiger partial charge < -0.3 is 15.0 Å². The first-order valence-electron chi connectivity index (χ1n) is 8.55. The molecule has 0 radical (unpaired) electrons. The fourth-order valence-electron chi connectivity index (χ4n) is 2.77. The van der Waals surface area contributed by atoms with E-state index in [1.807, 2.05) is 30.3 Å². The van der Waals surface area contributed by atoms with Crippen molar-refractivity contribution in [3.8, 4) is 11.5 Å². The van der Waals surface area contributed by atoms with Gasteiger partial charge in [-0.05, 0) is 55.2 Å². The van der Waals surface area contributed by atoms with E-state index in [0.29, 0.717) is 30.4 Å². The molecule has 0 aromatic heterocycles. The van der Waals surface area contributed by atoms with Crippen LogP contribution >= 0.6 is 0 Å². The molecular formula is C20H22N2O3. The fraction of sp³-hybridized carbons (Fsp3) is 0.300. The molecule has 5 nitrogen and oxygen atoms in total. The van der Waals surface area contributed by atoms with Gasteiger partial charge in [0.2, 0.25) is 0 Å². The number of benzene rings is 2. The van der Waals surface area contributed by atoms with Gasteiger partial charge in [-0.3, -0.25) is 9.59 Å². The number of piperidine rings is 1. The smallest absolute Gasteiger partial charge is 0.313 e. The van der Waals surface area contributed by atoms with E-state index in [-0.39, 0.29) is 0 Å². The second-order valence-corrected chi connectivity index (χ2v) is 6.37. The molecule has 1 aliphatic heterocycles. The Morgan fingerprint density at radius 2 is 1.56 bits per heavy atom. The second kappa shape index (κ2) is 7.83. The summed E-state index contributed by atoms with van der Waals surface area (Å²) >= 11 is 0. The van der Waals surface area contributed by atoms with Crippen LogP contribution < -0.4 is 10.1 Å². The van der Waals surface area contributed by atoms with Gasteiger partial charge in [-0.15, -0.1) is 0 Å². The molecule has 0 bridgehead atoms. The summed E-state index contributed by atoms with van der Waals surface area (Å²) in [7, 11) is 0. The number of nitrogens with zero attached hydrogens (tertiary/aromatic N) is 1. The lowest BCUT2D eigenvalue weighted by molar-refractivity contribution is -0.144. The molecule has 0 unspecified atom stereocenters. The number of carbonyl (C=O) groups excluding carboxylic acids is 2. The fourth-order valence-corrected chi connectivity index (χ4v) is 2.77. The Hall–Kier alpha value is -2.82. The maximum atomic E-state index is 12.2. The third-order valence-corrected chi connectivity index (χ3v) is 4.36. The number of amides is 2. The van der Waals surface area contributed by atoms with Crippen molar-refractivity contribution in [2.24, 2.45) is 5.92 Å². The van der Waals surface area contributed by atoms with E-state index < -0.39 is 11.8 Å². The lowest BCUT2D eigenvalue weighted by atomic mass is 9.99. The Kier molecular flexibility index (Phi) is 5.33. The van der Waals surface area contributed by atoms with Crippen LogP contribution in [0.15, 0.2) is 54.6 Å². The highest BCUT2D eigenvalue weighted by molar-refractivity contribution is 6.39. The first-order valence-corrected chi connectivity index (χ1v) is 8.55. The van der Waals surface area contributed by atoms with E-state index in [9.17, 15) is 9.59 Å². The molecule has 1 saturated heterocycles. The molecule has 1 fully saturated rings. The van der Waals surface area contributed by atoms with Crippen LogP contribution in [0.5, 0.6) is 11.5 Å². The van der Waals surface area contributed by atoms with E-state index in [4.69, 9.17) is 4.74 Å². The van der Waals surface area contributed by atoms with E-state index in [1.54, 1.807) is 29.2 Å². The maximum absolute atomic E-state index is 12.2. The summed E-state index contributed by atoms with van der Waals surface area (Å²) in [5.41, 5.74) is 0.573. The quantitative estimate of drug-likeness (QED) is 0.869. The minimum atomic E-state index is -0.591. The Morgan fingerprint density at radius 3 is 2.20 bits per heavy atom. The molecule has 0 aliphatic carbocycles. The van der Waals surface area contributed by atoms with E-state index >= 15 is 0 Å². The highest BCUT2D eigenvalue weighted by atomic mass is 16.5. The van der Waals surface area contributed by atoms with Crippen LogP contribution in [0.2, 0.25) is 0 Å². The van der Waals surface area contributed by atoms with Gasteiger partial charge in [-0.1, -0.05) is 25.1 Å². The monoisotopic (exact) mass is 338 g/mol. The molecule has 0 atom stereocenters. The van der Waals surface area contributed by atoms with Gasteiger partial charge in [0, 0.05) is 18.8 Å². The Labute approximate surface area is 147 Å². The van der Waals surface area contributed by atoms with Gasteiger partial charge in [-0.2, -0.15) is 0 Å². The molecule has 1 heterocycles. The van der Waals surface area contributed by atoms with Crippen molar-refractivity contribution in [2.75, 3.05) is 18.4 Å². The number of para-hydroxylation sites is 1. The first-order chi connectivity index (χ1) is 12.1. The van der Waals surface area contributed by atoms with E-state index in [1.165, 1.54) is 0 Å². The number of hydrogen-bond acceptors (Lipinski definition) is 3. The molecular weight excluding hydrogens is 316 g/mol. The SMILES string of the molecule is CC1CCN(C(=O)C(=O)Nc2ccc(Oc3ccccc3)cc2)CC1. The predicted molar refractivity (Wildman–Crippen MR) is 96.6 cm³/mol. The van der Waals surface area contributed by atoms with Crippen LogP contribution in [0.3, 0.4) is 0 Å². The topological polar surface area (TPSA) is 58.6 Å². The number of likely N-dealkylation sites (tertiary alicyclic amines) is 1. The molecule has 1 aliphatic rings. The summed E-state index contributed by atoms with van der Waals surface area (Å²) < 4.78 is 5.70. The minimum absolute atomic E-state index is 0.462. The number of rotatable bonds is 3. The summed E-state index contributed by atoms with van der Waals surface area (Å²) in [4.78, 5) is 26.0. The maximum Gasteiger partial charge on any atom is 0.313 e. The third-order valence-electron chi connectivity index (χ3n) is 4.36. The van der Waals surface area contributed by atoms with Crippen LogP contribution in [0.25, 0.3) is 0 Å². The summed E-state index contributed by atoms with van der Waals surface area (Å²) in [6.07, 6.45) is 1.90. The Bertz CT molecular complexity index is 720. The van der Waals surface area contributed by atoms with Crippen LogP contribution in [-0.4, -0.2) is 29.8 Å². The van der Waals surface area contributed by atoms with E-state index in [0.717, 1.165) is 18.6 Å². The normalized spacial score (nSPS) is 14.8. The second-order valence-electron chi connectivity index (χ2n) is 6.37. The molecule has 25 heavy (non-hydrogen) atoms. The molecule has 2 aromatic carbocycles. The standard InChI is InChI=1S/C20H22N2O3/c1-15-11-13-22(14-12-15)20(24)19(23)21-16-7-9-18(10-8-16)25-17-5-3-2-4-6-17/h2-10,15H,11-14H2,1H3,(H,21,23). The van der Waals surface area contributed by atoms with Gasteiger partial charge in [0.15, 0.2) is 0 Å². The highest BCUT2D eigenvalue weighted by Gasteiger charge is 2.25. The van der Waals surface area contributed by atoms with Crippen LogP contribution in [0.1, 0.15) is 19.8 Å². The summed E-state index contributed by atoms with van der Waals surface area (Å²) in [6.45, 7) is 3.47. The van der Waals surface area contributed by atoms with Gasteiger partial charge in [0.05, 0.1) is 0 Å². The number of nitrogens with one attached hydrogen (secondary N) is 1. The largest absolute Gasteiger partial charge is 0.457 e. The van der Waals surface area contributed by atoms with Crippen molar-refractivity contribution in [1.82, 2.24) is 4.90 Å². The van der Waals surface area contributed by atoms with Crippen LogP contribution in [0.4, 0.5) is 5.69 Å². The van der Waals surface area contributed by atoms with Crippen molar-refractivity contribution in [1.29, 1.82) is 0 Å². The molecule has 1 N–H and O–H groups in total. The lowest BCUT2D eigenvalue weighted by Gasteiger charge is -2.29. The third kappa shape index (κ3) is 4.59. The van der Waals surface area contributed by atoms with Gasteiger partial charge >= 0.3 is 11.8 Å². The Morgan fingerprint density at radius 1 is 0.960 bits per heavy atom. The molecule has 2 amide bonds. The van der Waals surface area contributed by atoms with Gasteiger partial charge in [0.1, 0.15) is 11.5 Å². The highest BCUT2D eigenvalue weighted by Crippen LogP contribution is 2.23. The minimum Gasteiger partial charge on any atom is -0.457 e. The summed E-state index contributed by atoms with van der Waals surface area (Å²) in [5, 5.41) is 2.66. The van der Waals surface area contributed by atoms with Crippen molar-refractivity contribution in [3.63, 3.8) is 0 Å². The number of carbonyl (C=O) groups is 2. The zero-order valence-electron chi connectivity index (χ0n) is 14.3. The zero-order valence-corrected chi connectivity index (χ0v) is 14.3. The first kappa shape index (κ1) is 17.0. The van der Waals surface area contributed by atoms with Crippen LogP contribution in [0, 0.1) is 5.92 Å². The van der Waals surface area contributed by atoms with Crippen molar-refractivity contribution >= 4 is 17.5 Å². The molecule has 0 saturated carbocycles. The molecule has 130 valence electrons. The van der Waals surface area contributed by atoms with Crippen molar-refractivity contribution < 1.29 is 14.3 Å². The average molecular weight is 338 g/mol. The van der Waals surface area contributed by atoms with E-state index in [2.05, 4.69) is 12.2 Å². The van der Waals surface area contributed by atoms with Gasteiger partial charge in [0.25, 0.3) is 0 Å². The number of anilines is 1. The summed E-state index contributed by atoms with van der Waals surface area (Å²) in [5.74, 6) is 0.974. The number of ether oxygens (including phenoxy) is 1. The van der Waals surface area contributed by atoms with Gasteiger partial charge in [-0.25, -0.2) is 0 Å².